The van der Waals surface area contributed by atoms with E-state index in [0.29, 0.717) is 18.1 Å². The molecule has 1 rings (SSSR count). The Morgan fingerprint density at radius 3 is 2.45 bits per heavy atom. The highest BCUT2D eigenvalue weighted by Gasteiger charge is 2.29. The second-order valence-electron chi connectivity index (χ2n) is 6.25. The van der Waals surface area contributed by atoms with E-state index in [-0.39, 0.29) is 0 Å². The summed E-state index contributed by atoms with van der Waals surface area (Å²) in [6.07, 6.45) is 9.48. The van der Waals surface area contributed by atoms with Gasteiger partial charge >= 0.3 is 0 Å². The summed E-state index contributed by atoms with van der Waals surface area (Å²) in [5.74, 6) is 0. The van der Waals surface area contributed by atoms with Crippen LogP contribution in [0.3, 0.4) is 0 Å². The van der Waals surface area contributed by atoms with E-state index in [1.54, 1.807) is 0 Å². The topological polar surface area (TPSA) is 24.5 Å². The molecule has 0 saturated heterocycles. The minimum atomic E-state index is 0.514. The van der Waals surface area contributed by atoms with Gasteiger partial charge in [-0.15, -0.1) is 0 Å². The molecule has 0 amide bonds. The van der Waals surface area contributed by atoms with Crippen LogP contribution in [0.4, 0.5) is 0 Å². The molecule has 0 bridgehead atoms. The molecule has 1 aliphatic carbocycles. The van der Waals surface area contributed by atoms with Crippen molar-refractivity contribution < 1.29 is 4.74 Å². The fourth-order valence-corrected chi connectivity index (χ4v) is 3.64. The molecule has 20 heavy (non-hydrogen) atoms. The third-order valence-corrected chi connectivity index (χ3v) is 4.65. The van der Waals surface area contributed by atoms with Gasteiger partial charge in [0, 0.05) is 25.2 Å². The summed E-state index contributed by atoms with van der Waals surface area (Å²) in [6.45, 7) is 9.97. The van der Waals surface area contributed by atoms with E-state index < -0.39 is 0 Å². The van der Waals surface area contributed by atoms with Gasteiger partial charge in [-0.05, 0) is 39.3 Å². The number of ether oxygens (including phenoxy) is 1. The van der Waals surface area contributed by atoms with Crippen molar-refractivity contribution in [3.8, 4) is 0 Å². The van der Waals surface area contributed by atoms with Crippen LogP contribution in [0.5, 0.6) is 0 Å². The third kappa shape index (κ3) is 5.71. The summed E-state index contributed by atoms with van der Waals surface area (Å²) in [5, 5.41) is 3.82. The van der Waals surface area contributed by atoms with Crippen LogP contribution in [0.1, 0.15) is 65.7 Å². The first-order valence-electron chi connectivity index (χ1n) is 8.72. The average Bonchev–Trinajstić information content (AvgIpc) is 2.41. The lowest BCUT2D eigenvalue weighted by molar-refractivity contribution is 0.0500. The third-order valence-electron chi connectivity index (χ3n) is 4.65. The van der Waals surface area contributed by atoms with Gasteiger partial charge in [0.05, 0.1) is 6.61 Å². The Morgan fingerprint density at radius 1 is 1.15 bits per heavy atom. The Hall–Kier alpha value is -0.120. The van der Waals surface area contributed by atoms with Gasteiger partial charge in [-0.25, -0.2) is 0 Å². The molecule has 0 heterocycles. The van der Waals surface area contributed by atoms with Crippen molar-refractivity contribution >= 4 is 0 Å². The first-order chi connectivity index (χ1) is 9.74. The lowest BCUT2D eigenvalue weighted by Crippen LogP contribution is -2.54. The number of likely N-dealkylation sites (N-methyl/N-ethyl adjacent to an activating group) is 1. The van der Waals surface area contributed by atoms with Crippen LogP contribution >= 0.6 is 0 Å². The number of hydrogen-bond donors (Lipinski definition) is 1. The monoisotopic (exact) mass is 284 g/mol. The Labute approximate surface area is 126 Å². The fourth-order valence-electron chi connectivity index (χ4n) is 3.64. The molecule has 0 aliphatic heterocycles. The number of methoxy groups -OCH3 is 1. The van der Waals surface area contributed by atoms with Gasteiger partial charge in [-0.1, -0.05) is 39.5 Å². The number of nitrogens with one attached hydrogen (secondary N) is 1. The van der Waals surface area contributed by atoms with Gasteiger partial charge < -0.3 is 10.1 Å². The van der Waals surface area contributed by atoms with Gasteiger partial charge in [0.15, 0.2) is 0 Å². The quantitative estimate of drug-likeness (QED) is 0.739. The van der Waals surface area contributed by atoms with Crippen LogP contribution in [0.15, 0.2) is 0 Å². The van der Waals surface area contributed by atoms with Crippen molar-refractivity contribution in [3.05, 3.63) is 0 Å². The van der Waals surface area contributed by atoms with Crippen LogP contribution in [0.2, 0.25) is 0 Å². The number of nitrogens with zero attached hydrogens (tertiary/aromatic N) is 1. The molecule has 3 atom stereocenters. The van der Waals surface area contributed by atoms with Crippen LogP contribution < -0.4 is 5.32 Å². The fraction of sp³-hybridized carbons (Fsp3) is 1.00. The van der Waals surface area contributed by atoms with E-state index in [1.165, 1.54) is 44.9 Å². The second-order valence-corrected chi connectivity index (χ2v) is 6.25. The Kier molecular flexibility index (Phi) is 9.49. The molecule has 0 radical (unpaired) electrons. The lowest BCUT2D eigenvalue weighted by Gasteiger charge is -2.41. The van der Waals surface area contributed by atoms with Crippen molar-refractivity contribution in [1.82, 2.24) is 10.2 Å². The van der Waals surface area contributed by atoms with E-state index in [9.17, 15) is 0 Å². The van der Waals surface area contributed by atoms with E-state index in [1.807, 2.05) is 7.11 Å². The molecule has 3 nitrogen and oxygen atoms in total. The molecule has 0 aromatic rings. The molecule has 0 aromatic heterocycles. The molecule has 0 spiro atoms. The van der Waals surface area contributed by atoms with Gasteiger partial charge in [0.25, 0.3) is 0 Å². The van der Waals surface area contributed by atoms with Gasteiger partial charge in [-0.2, -0.15) is 0 Å². The highest BCUT2D eigenvalue weighted by Crippen LogP contribution is 2.23. The summed E-state index contributed by atoms with van der Waals surface area (Å²) in [6, 6.07) is 1.85. The van der Waals surface area contributed by atoms with Crippen LogP contribution in [-0.2, 0) is 4.74 Å². The van der Waals surface area contributed by atoms with Crippen molar-refractivity contribution in [2.45, 2.75) is 83.8 Å². The van der Waals surface area contributed by atoms with Crippen molar-refractivity contribution in [1.29, 1.82) is 0 Å². The van der Waals surface area contributed by atoms with Crippen molar-refractivity contribution in [2.75, 3.05) is 26.8 Å². The van der Waals surface area contributed by atoms with Gasteiger partial charge in [0.1, 0.15) is 0 Å². The molecule has 1 saturated carbocycles. The summed E-state index contributed by atoms with van der Waals surface area (Å²) in [4.78, 5) is 2.67. The van der Waals surface area contributed by atoms with Crippen LogP contribution in [-0.4, -0.2) is 49.8 Å². The molecular weight excluding hydrogens is 248 g/mol. The van der Waals surface area contributed by atoms with Gasteiger partial charge in [-0.3, -0.25) is 4.90 Å². The van der Waals surface area contributed by atoms with E-state index >= 15 is 0 Å². The molecule has 0 aromatic carbocycles. The highest BCUT2D eigenvalue weighted by molar-refractivity contribution is 4.88. The normalized spacial score (nSPS) is 26.2. The average molecular weight is 284 g/mol. The van der Waals surface area contributed by atoms with Crippen LogP contribution in [0, 0.1) is 0 Å². The molecule has 1 N–H and O–H groups in total. The first-order valence-corrected chi connectivity index (χ1v) is 8.72. The molecule has 1 aliphatic rings. The smallest absolute Gasteiger partial charge is 0.0615 e. The molecular formula is C17H36N2O. The van der Waals surface area contributed by atoms with Gasteiger partial charge in [0.2, 0.25) is 0 Å². The number of rotatable bonds is 8. The highest BCUT2D eigenvalue weighted by atomic mass is 16.5. The summed E-state index contributed by atoms with van der Waals surface area (Å²) >= 11 is 0. The summed E-state index contributed by atoms with van der Waals surface area (Å²) in [7, 11) is 1.81. The minimum Gasteiger partial charge on any atom is -0.383 e. The second kappa shape index (κ2) is 10.6. The molecule has 3 heteroatoms. The van der Waals surface area contributed by atoms with Crippen molar-refractivity contribution in [3.63, 3.8) is 0 Å². The zero-order chi connectivity index (χ0) is 14.8. The van der Waals surface area contributed by atoms with E-state index in [4.69, 9.17) is 4.74 Å². The molecule has 1 fully saturated rings. The predicted octanol–water partition coefficient (Wildman–Crippen LogP) is 3.43. The maximum absolute atomic E-state index is 5.39. The Bertz CT molecular complexity index is 233. The lowest BCUT2D eigenvalue weighted by atomic mass is 9.90. The predicted molar refractivity (Wildman–Crippen MR) is 87.3 cm³/mol. The summed E-state index contributed by atoms with van der Waals surface area (Å²) in [5.41, 5.74) is 0. The van der Waals surface area contributed by atoms with E-state index in [2.05, 4.69) is 31.0 Å². The minimum absolute atomic E-state index is 0.514. The maximum Gasteiger partial charge on any atom is 0.0615 e. The maximum atomic E-state index is 5.39. The van der Waals surface area contributed by atoms with E-state index in [0.717, 1.165) is 19.7 Å². The standard InChI is InChI=1S/C17H36N2O/c1-5-13-18-16-11-9-7-8-10-12-17(16)19(6-2)15(3)14-20-4/h15-18H,5-14H2,1-4H3. The Morgan fingerprint density at radius 2 is 1.85 bits per heavy atom. The van der Waals surface area contributed by atoms with Crippen LogP contribution in [0.25, 0.3) is 0 Å². The molecule has 3 unspecified atom stereocenters. The Balaban J connectivity index is 2.72. The molecule has 120 valence electrons. The number of hydrogen-bond acceptors (Lipinski definition) is 3. The largest absolute Gasteiger partial charge is 0.383 e. The summed E-state index contributed by atoms with van der Waals surface area (Å²) < 4.78 is 5.39. The van der Waals surface area contributed by atoms with Crippen molar-refractivity contribution in [2.24, 2.45) is 0 Å². The SMILES string of the molecule is CCCNC1CCCCCCC1N(CC)C(C)COC. The zero-order valence-corrected chi connectivity index (χ0v) is 14.2. The first kappa shape index (κ1) is 17.9. The zero-order valence-electron chi connectivity index (χ0n) is 14.2.